The number of hydrogen-bond donors (Lipinski definition) is 0. The Morgan fingerprint density at radius 1 is 1.07 bits per heavy atom. The molecule has 0 aliphatic rings. The van der Waals surface area contributed by atoms with Gasteiger partial charge in [-0.2, -0.15) is 0 Å². The smallest absolute Gasteiger partial charge is 0.0412 e. The van der Waals surface area contributed by atoms with E-state index in [9.17, 15) is 0 Å². The second-order valence-corrected chi connectivity index (χ2v) is 4.82. The Bertz CT molecular complexity index is 492. The van der Waals surface area contributed by atoms with Gasteiger partial charge in [-0.15, -0.1) is 0 Å². The van der Waals surface area contributed by atoms with Gasteiger partial charge in [0, 0.05) is 9.50 Å². The molecule has 0 saturated heterocycles. The van der Waals surface area contributed by atoms with Gasteiger partial charge in [0.2, 0.25) is 0 Å². The average Bonchev–Trinajstić information content (AvgIpc) is 2.22. The van der Waals surface area contributed by atoms with Crippen molar-refractivity contribution in [2.75, 3.05) is 0 Å². The van der Waals surface area contributed by atoms with Crippen LogP contribution < -0.4 is 0 Å². The standard InChI is InChI=1S/C13H10BrCl/c1-9-5-6-11(14)8-13(9)10-3-2-4-12(15)7-10/h2-8H,1H3. The zero-order valence-corrected chi connectivity index (χ0v) is 10.6. The van der Waals surface area contributed by atoms with Gasteiger partial charge in [-0.3, -0.25) is 0 Å². The molecule has 0 atom stereocenters. The maximum Gasteiger partial charge on any atom is 0.0412 e. The van der Waals surface area contributed by atoms with Crippen LogP contribution in [0.15, 0.2) is 46.9 Å². The van der Waals surface area contributed by atoms with Crippen LogP contribution in [0.1, 0.15) is 5.56 Å². The largest absolute Gasteiger partial charge is 0.0843 e. The minimum Gasteiger partial charge on any atom is -0.0843 e. The molecule has 0 saturated carbocycles. The summed E-state index contributed by atoms with van der Waals surface area (Å²) in [6.07, 6.45) is 0. The lowest BCUT2D eigenvalue weighted by molar-refractivity contribution is 1.44. The van der Waals surface area contributed by atoms with E-state index in [0.717, 1.165) is 15.1 Å². The SMILES string of the molecule is Cc1ccc(Br)cc1-c1cccc(Cl)c1. The zero-order valence-electron chi connectivity index (χ0n) is 8.30. The van der Waals surface area contributed by atoms with Crippen molar-refractivity contribution in [2.45, 2.75) is 6.92 Å². The van der Waals surface area contributed by atoms with E-state index >= 15 is 0 Å². The number of benzene rings is 2. The summed E-state index contributed by atoms with van der Waals surface area (Å²) in [5.74, 6) is 0. The predicted molar refractivity (Wildman–Crippen MR) is 69.3 cm³/mol. The van der Waals surface area contributed by atoms with Crippen molar-refractivity contribution in [3.05, 3.63) is 57.5 Å². The van der Waals surface area contributed by atoms with Crippen LogP contribution in [-0.4, -0.2) is 0 Å². The molecule has 0 aliphatic carbocycles. The zero-order chi connectivity index (χ0) is 10.8. The summed E-state index contributed by atoms with van der Waals surface area (Å²) >= 11 is 9.45. The molecule has 0 aromatic heterocycles. The first-order chi connectivity index (χ1) is 7.16. The number of hydrogen-bond acceptors (Lipinski definition) is 0. The molecule has 2 rings (SSSR count). The van der Waals surface area contributed by atoms with Crippen LogP contribution in [0.4, 0.5) is 0 Å². The van der Waals surface area contributed by atoms with E-state index in [1.54, 1.807) is 0 Å². The third kappa shape index (κ3) is 2.42. The fourth-order valence-corrected chi connectivity index (χ4v) is 2.11. The van der Waals surface area contributed by atoms with Crippen LogP contribution in [0.5, 0.6) is 0 Å². The second-order valence-electron chi connectivity index (χ2n) is 3.47. The van der Waals surface area contributed by atoms with Gasteiger partial charge in [0.1, 0.15) is 0 Å². The Morgan fingerprint density at radius 2 is 1.87 bits per heavy atom. The molecule has 2 aromatic rings. The van der Waals surface area contributed by atoms with Crippen molar-refractivity contribution < 1.29 is 0 Å². The van der Waals surface area contributed by atoms with Gasteiger partial charge >= 0.3 is 0 Å². The molecule has 0 spiro atoms. The van der Waals surface area contributed by atoms with E-state index in [0.29, 0.717) is 0 Å². The lowest BCUT2D eigenvalue weighted by Crippen LogP contribution is -1.83. The van der Waals surface area contributed by atoms with E-state index in [4.69, 9.17) is 11.6 Å². The summed E-state index contributed by atoms with van der Waals surface area (Å²) in [6.45, 7) is 2.10. The highest BCUT2D eigenvalue weighted by atomic mass is 79.9. The Morgan fingerprint density at radius 3 is 2.60 bits per heavy atom. The van der Waals surface area contributed by atoms with E-state index in [2.05, 4.69) is 41.1 Å². The molecule has 2 aromatic carbocycles. The molecule has 0 fully saturated rings. The maximum atomic E-state index is 5.98. The Kier molecular flexibility index (Phi) is 3.13. The normalized spacial score (nSPS) is 10.3. The topological polar surface area (TPSA) is 0 Å². The van der Waals surface area contributed by atoms with E-state index in [-0.39, 0.29) is 0 Å². The highest BCUT2D eigenvalue weighted by molar-refractivity contribution is 9.10. The van der Waals surface area contributed by atoms with Crippen LogP contribution in [0, 0.1) is 6.92 Å². The molecule has 76 valence electrons. The van der Waals surface area contributed by atoms with Crippen molar-refractivity contribution in [1.29, 1.82) is 0 Å². The van der Waals surface area contributed by atoms with Crippen molar-refractivity contribution in [1.82, 2.24) is 0 Å². The summed E-state index contributed by atoms with van der Waals surface area (Å²) in [5, 5.41) is 0.770. The van der Waals surface area contributed by atoms with Crippen molar-refractivity contribution in [2.24, 2.45) is 0 Å². The maximum absolute atomic E-state index is 5.98. The molecule has 15 heavy (non-hydrogen) atoms. The summed E-state index contributed by atoms with van der Waals surface area (Å²) < 4.78 is 1.09. The van der Waals surface area contributed by atoms with Gasteiger partial charge in [-0.1, -0.05) is 45.7 Å². The third-order valence-electron chi connectivity index (χ3n) is 2.34. The predicted octanol–water partition coefficient (Wildman–Crippen LogP) is 5.08. The van der Waals surface area contributed by atoms with Crippen molar-refractivity contribution in [3.63, 3.8) is 0 Å². The lowest BCUT2D eigenvalue weighted by Gasteiger charge is -2.06. The second kappa shape index (κ2) is 4.38. The molecule has 0 amide bonds. The lowest BCUT2D eigenvalue weighted by atomic mass is 10.0. The summed E-state index contributed by atoms with van der Waals surface area (Å²) in [7, 11) is 0. The van der Waals surface area contributed by atoms with Gasteiger partial charge in [0.25, 0.3) is 0 Å². The van der Waals surface area contributed by atoms with Gasteiger partial charge in [0.15, 0.2) is 0 Å². The Balaban J connectivity index is 2.58. The first-order valence-electron chi connectivity index (χ1n) is 4.69. The molecule has 0 bridgehead atoms. The Hall–Kier alpha value is -0.790. The molecule has 0 aliphatic heterocycles. The number of aryl methyl sites for hydroxylation is 1. The van der Waals surface area contributed by atoms with Crippen LogP contribution in [-0.2, 0) is 0 Å². The summed E-state index contributed by atoms with van der Waals surface area (Å²) in [6, 6.07) is 14.2. The van der Waals surface area contributed by atoms with E-state index in [1.807, 2.05) is 24.3 Å². The van der Waals surface area contributed by atoms with Gasteiger partial charge in [0.05, 0.1) is 0 Å². The minimum atomic E-state index is 0.770. The molecule has 0 radical (unpaired) electrons. The van der Waals surface area contributed by atoms with Gasteiger partial charge in [-0.05, 0) is 47.9 Å². The van der Waals surface area contributed by atoms with Crippen molar-refractivity contribution >= 4 is 27.5 Å². The van der Waals surface area contributed by atoms with Crippen LogP contribution in [0.3, 0.4) is 0 Å². The van der Waals surface area contributed by atoms with Crippen LogP contribution in [0.25, 0.3) is 11.1 Å². The molecule has 0 N–H and O–H groups in total. The Labute approximate surface area is 103 Å². The molecular formula is C13H10BrCl. The van der Waals surface area contributed by atoms with E-state index < -0.39 is 0 Å². The highest BCUT2D eigenvalue weighted by Crippen LogP contribution is 2.28. The van der Waals surface area contributed by atoms with Gasteiger partial charge in [-0.25, -0.2) is 0 Å². The first-order valence-corrected chi connectivity index (χ1v) is 5.86. The average molecular weight is 282 g/mol. The molecule has 0 nitrogen and oxygen atoms in total. The quantitative estimate of drug-likeness (QED) is 0.684. The minimum absolute atomic E-state index is 0.770. The highest BCUT2D eigenvalue weighted by Gasteiger charge is 2.02. The number of rotatable bonds is 1. The van der Waals surface area contributed by atoms with E-state index in [1.165, 1.54) is 11.1 Å². The molecule has 2 heteroatoms. The van der Waals surface area contributed by atoms with Crippen molar-refractivity contribution in [3.8, 4) is 11.1 Å². The number of halogens is 2. The molecule has 0 unspecified atom stereocenters. The third-order valence-corrected chi connectivity index (χ3v) is 3.06. The fourth-order valence-electron chi connectivity index (χ4n) is 1.56. The first kappa shape index (κ1) is 10.7. The fraction of sp³-hybridized carbons (Fsp3) is 0.0769. The molecule has 0 heterocycles. The van der Waals surface area contributed by atoms with Crippen LogP contribution in [0.2, 0.25) is 5.02 Å². The molecular weight excluding hydrogens is 272 g/mol. The van der Waals surface area contributed by atoms with Crippen LogP contribution >= 0.6 is 27.5 Å². The van der Waals surface area contributed by atoms with Gasteiger partial charge < -0.3 is 0 Å². The summed E-state index contributed by atoms with van der Waals surface area (Å²) in [5.41, 5.74) is 3.62. The monoisotopic (exact) mass is 280 g/mol. The summed E-state index contributed by atoms with van der Waals surface area (Å²) in [4.78, 5) is 0.